The lowest BCUT2D eigenvalue weighted by atomic mass is 10.0. The molecule has 0 saturated heterocycles. The molecule has 0 bridgehead atoms. The lowest BCUT2D eigenvalue weighted by Gasteiger charge is -2.12. The van der Waals surface area contributed by atoms with Crippen molar-refractivity contribution in [1.82, 2.24) is 14.8 Å². The van der Waals surface area contributed by atoms with Crippen molar-refractivity contribution in [1.29, 1.82) is 5.26 Å². The van der Waals surface area contributed by atoms with E-state index in [1.165, 1.54) is 10.9 Å². The molecule has 0 amide bonds. The smallest absolute Gasteiger partial charge is 0.342 e. The topological polar surface area (TPSA) is 127 Å². The molecule has 8 nitrogen and oxygen atoms in total. The average Bonchev–Trinajstić information content (AvgIpc) is 3.03. The minimum absolute atomic E-state index is 0.00540. The van der Waals surface area contributed by atoms with Gasteiger partial charge in [0.1, 0.15) is 17.9 Å². The van der Waals surface area contributed by atoms with Crippen LogP contribution in [-0.4, -0.2) is 32.4 Å². The van der Waals surface area contributed by atoms with E-state index in [2.05, 4.69) is 10.1 Å². The molecule has 0 fully saturated rings. The zero-order chi connectivity index (χ0) is 19.6. The second kappa shape index (κ2) is 7.53. The van der Waals surface area contributed by atoms with Crippen LogP contribution in [0.15, 0.2) is 30.6 Å². The first-order valence-electron chi connectivity index (χ1n) is 8.40. The van der Waals surface area contributed by atoms with Gasteiger partial charge in [-0.3, -0.25) is 9.67 Å². The molecule has 3 aromatic rings. The zero-order valence-electron chi connectivity index (χ0n) is 15.0. The van der Waals surface area contributed by atoms with Gasteiger partial charge in [0.25, 0.3) is 0 Å². The Morgan fingerprint density at radius 3 is 2.89 bits per heavy atom. The third-order valence-corrected chi connectivity index (χ3v) is 4.04. The van der Waals surface area contributed by atoms with E-state index in [1.54, 1.807) is 19.2 Å². The summed E-state index contributed by atoms with van der Waals surface area (Å²) in [6.45, 7) is 4.12. The lowest BCUT2D eigenvalue weighted by molar-refractivity contribution is 0.0526. The number of aryl methyl sites for hydroxylation is 1. The standard InChI is InChI=1S/C19H19N5O3/c1-3-27-19(26)15-10-24(23-16(15)7-20)9-12-5-13-4-11(2)8-22-17(13)14(6-12)18(21)25/h4-6,8,10,18,25H,3,9,21H2,1-2H3. The average molecular weight is 365 g/mol. The van der Waals surface area contributed by atoms with Gasteiger partial charge in [0.2, 0.25) is 0 Å². The number of aromatic nitrogens is 3. The van der Waals surface area contributed by atoms with Crippen molar-refractivity contribution < 1.29 is 14.6 Å². The number of esters is 1. The largest absolute Gasteiger partial charge is 0.462 e. The molecule has 2 aromatic heterocycles. The molecule has 8 heteroatoms. The Bertz CT molecular complexity index is 1050. The van der Waals surface area contributed by atoms with Gasteiger partial charge >= 0.3 is 5.97 Å². The molecule has 0 aliphatic heterocycles. The van der Waals surface area contributed by atoms with Gasteiger partial charge in [0.15, 0.2) is 5.69 Å². The predicted octanol–water partition coefficient (Wildman–Crippen LogP) is 1.79. The number of carbonyl (C=O) groups excluding carboxylic acids is 1. The Hall–Kier alpha value is -3.28. The fraction of sp³-hybridized carbons (Fsp3) is 0.263. The highest BCUT2D eigenvalue weighted by Crippen LogP contribution is 2.24. The van der Waals surface area contributed by atoms with Crippen molar-refractivity contribution in [3.63, 3.8) is 0 Å². The number of aliphatic hydroxyl groups excluding tert-OH is 1. The summed E-state index contributed by atoms with van der Waals surface area (Å²) < 4.78 is 6.44. The van der Waals surface area contributed by atoms with E-state index in [9.17, 15) is 15.2 Å². The van der Waals surface area contributed by atoms with Crippen LogP contribution in [0.25, 0.3) is 10.9 Å². The van der Waals surface area contributed by atoms with Gasteiger partial charge in [-0.15, -0.1) is 0 Å². The van der Waals surface area contributed by atoms with Gasteiger partial charge in [0, 0.05) is 23.3 Å². The van der Waals surface area contributed by atoms with Gasteiger partial charge in [-0.1, -0.05) is 0 Å². The van der Waals surface area contributed by atoms with Gasteiger partial charge in [-0.05, 0) is 43.2 Å². The molecular weight excluding hydrogens is 346 g/mol. The van der Waals surface area contributed by atoms with Crippen LogP contribution < -0.4 is 5.73 Å². The summed E-state index contributed by atoms with van der Waals surface area (Å²) in [5.74, 6) is -0.586. The molecule has 1 aromatic carbocycles. The van der Waals surface area contributed by atoms with Crippen molar-refractivity contribution >= 4 is 16.9 Å². The maximum atomic E-state index is 12.0. The molecule has 3 rings (SSSR count). The highest BCUT2D eigenvalue weighted by Gasteiger charge is 2.18. The number of ether oxygens (including phenoxy) is 1. The third-order valence-electron chi connectivity index (χ3n) is 4.04. The molecule has 138 valence electrons. The van der Waals surface area contributed by atoms with Crippen LogP contribution in [0.5, 0.6) is 0 Å². The highest BCUT2D eigenvalue weighted by molar-refractivity contribution is 5.91. The zero-order valence-corrected chi connectivity index (χ0v) is 15.0. The van der Waals surface area contributed by atoms with E-state index >= 15 is 0 Å². The van der Waals surface area contributed by atoms with Crippen LogP contribution in [0.2, 0.25) is 0 Å². The van der Waals surface area contributed by atoms with E-state index in [4.69, 9.17) is 10.5 Å². The first-order chi connectivity index (χ1) is 12.9. The number of rotatable bonds is 5. The van der Waals surface area contributed by atoms with Crippen LogP contribution in [-0.2, 0) is 11.3 Å². The number of nitrogens with zero attached hydrogens (tertiary/aromatic N) is 4. The number of carbonyl (C=O) groups is 1. The molecule has 0 spiro atoms. The van der Waals surface area contributed by atoms with Crippen LogP contribution in [0, 0.1) is 18.3 Å². The minimum Gasteiger partial charge on any atom is -0.462 e. The van der Waals surface area contributed by atoms with Crippen LogP contribution >= 0.6 is 0 Å². The molecule has 2 heterocycles. The van der Waals surface area contributed by atoms with Crippen molar-refractivity contribution in [2.75, 3.05) is 6.61 Å². The summed E-state index contributed by atoms with van der Waals surface area (Å²) in [5, 5.41) is 24.1. The quantitative estimate of drug-likeness (QED) is 0.521. The molecule has 27 heavy (non-hydrogen) atoms. The summed E-state index contributed by atoms with van der Waals surface area (Å²) in [7, 11) is 0. The monoisotopic (exact) mass is 365 g/mol. The molecule has 0 radical (unpaired) electrons. The van der Waals surface area contributed by atoms with E-state index < -0.39 is 12.2 Å². The molecular formula is C19H19N5O3. The van der Waals surface area contributed by atoms with Crippen molar-refractivity contribution in [2.24, 2.45) is 5.73 Å². The van der Waals surface area contributed by atoms with Gasteiger partial charge in [-0.25, -0.2) is 4.79 Å². The maximum Gasteiger partial charge on any atom is 0.342 e. The second-order valence-corrected chi connectivity index (χ2v) is 6.14. The number of nitriles is 1. The molecule has 1 atom stereocenters. The number of aliphatic hydroxyl groups is 1. The number of hydrogen-bond donors (Lipinski definition) is 2. The number of nitrogens with two attached hydrogens (primary N) is 1. The first kappa shape index (κ1) is 18.5. The molecule has 0 saturated carbocycles. The number of benzene rings is 1. The van der Waals surface area contributed by atoms with Crippen LogP contribution in [0.3, 0.4) is 0 Å². The van der Waals surface area contributed by atoms with Crippen molar-refractivity contribution in [3.05, 3.63) is 58.5 Å². The summed E-state index contributed by atoms with van der Waals surface area (Å²) in [5.41, 5.74) is 8.73. The van der Waals surface area contributed by atoms with E-state index in [1.807, 2.05) is 25.1 Å². The second-order valence-electron chi connectivity index (χ2n) is 6.14. The Morgan fingerprint density at radius 1 is 1.44 bits per heavy atom. The van der Waals surface area contributed by atoms with E-state index in [-0.39, 0.29) is 24.4 Å². The summed E-state index contributed by atoms with van der Waals surface area (Å²) >= 11 is 0. The Morgan fingerprint density at radius 2 is 2.22 bits per heavy atom. The fourth-order valence-corrected chi connectivity index (χ4v) is 2.90. The highest BCUT2D eigenvalue weighted by atomic mass is 16.5. The molecule has 1 unspecified atom stereocenters. The van der Waals surface area contributed by atoms with Crippen molar-refractivity contribution in [3.8, 4) is 6.07 Å². The van der Waals surface area contributed by atoms with Crippen molar-refractivity contribution in [2.45, 2.75) is 26.6 Å². The normalized spacial score (nSPS) is 12.0. The molecule has 0 aliphatic carbocycles. The van der Waals surface area contributed by atoms with Crippen LogP contribution in [0.1, 0.15) is 45.9 Å². The number of fused-ring (bicyclic) bond motifs is 1. The summed E-state index contributed by atoms with van der Waals surface area (Å²) in [6, 6.07) is 7.51. The van der Waals surface area contributed by atoms with Crippen LogP contribution in [0.4, 0.5) is 0 Å². The maximum absolute atomic E-state index is 12.0. The fourth-order valence-electron chi connectivity index (χ4n) is 2.90. The lowest BCUT2D eigenvalue weighted by Crippen LogP contribution is -2.11. The van der Waals surface area contributed by atoms with Gasteiger partial charge in [-0.2, -0.15) is 10.4 Å². The Kier molecular flexibility index (Phi) is 5.16. The first-order valence-corrected chi connectivity index (χ1v) is 8.40. The summed E-state index contributed by atoms with van der Waals surface area (Å²) in [4.78, 5) is 16.3. The minimum atomic E-state index is -1.18. The van der Waals surface area contributed by atoms with Gasteiger partial charge < -0.3 is 15.6 Å². The predicted molar refractivity (Wildman–Crippen MR) is 97.6 cm³/mol. The summed E-state index contributed by atoms with van der Waals surface area (Å²) in [6.07, 6.45) is 2.02. The Balaban J connectivity index is 2.02. The Labute approximate surface area is 155 Å². The van der Waals surface area contributed by atoms with E-state index in [0.717, 1.165) is 16.5 Å². The number of hydrogen-bond acceptors (Lipinski definition) is 7. The molecule has 0 aliphatic rings. The van der Waals surface area contributed by atoms with E-state index in [0.29, 0.717) is 11.1 Å². The molecule has 3 N–H and O–H groups in total. The SMILES string of the molecule is CCOC(=O)c1cn(Cc2cc(C(N)O)c3ncc(C)cc3c2)nc1C#N. The third kappa shape index (κ3) is 3.79. The number of pyridine rings is 1. The van der Waals surface area contributed by atoms with Gasteiger partial charge in [0.05, 0.1) is 18.7 Å².